The fourth-order valence-corrected chi connectivity index (χ4v) is 2.63. The number of hydrogen-bond donors (Lipinski definition) is 2. The van der Waals surface area contributed by atoms with Crippen LogP contribution < -0.4 is 10.2 Å². The van der Waals surface area contributed by atoms with Crippen molar-refractivity contribution in [3.8, 4) is 0 Å². The highest BCUT2D eigenvalue weighted by atomic mass is 35.5. The number of halogens is 1. The molecule has 0 amide bonds. The molecule has 2 rings (SSSR count). The quantitative estimate of drug-likeness (QED) is 0.861. The van der Waals surface area contributed by atoms with Gasteiger partial charge in [-0.2, -0.15) is 0 Å². The van der Waals surface area contributed by atoms with Crippen LogP contribution in [0.25, 0.3) is 0 Å². The first-order valence-corrected chi connectivity index (χ1v) is 6.42. The Morgan fingerprint density at radius 2 is 2.35 bits per heavy atom. The Labute approximate surface area is 107 Å². The maximum absolute atomic E-state index is 9.19. The van der Waals surface area contributed by atoms with Gasteiger partial charge in [-0.1, -0.05) is 17.7 Å². The summed E-state index contributed by atoms with van der Waals surface area (Å²) in [4.78, 5) is 2.32. The molecule has 1 aromatic carbocycles. The Hall–Kier alpha value is -0.770. The molecule has 1 saturated heterocycles. The standard InChI is InChI=1S/C13H19ClN2O/c1-15-7-11-12(14)3-2-4-13(11)16-6-5-10(8-16)9-17/h2-4,10,15,17H,5-9H2,1H3. The van der Waals surface area contributed by atoms with Crippen molar-refractivity contribution in [2.75, 3.05) is 31.6 Å². The summed E-state index contributed by atoms with van der Waals surface area (Å²) in [6, 6.07) is 6.03. The zero-order valence-corrected chi connectivity index (χ0v) is 10.9. The van der Waals surface area contributed by atoms with E-state index in [0.717, 1.165) is 36.6 Å². The van der Waals surface area contributed by atoms with Crippen molar-refractivity contribution in [3.63, 3.8) is 0 Å². The van der Waals surface area contributed by atoms with E-state index in [9.17, 15) is 5.11 Å². The first-order valence-electron chi connectivity index (χ1n) is 6.04. The van der Waals surface area contributed by atoms with Crippen molar-refractivity contribution in [1.29, 1.82) is 0 Å². The lowest BCUT2D eigenvalue weighted by Gasteiger charge is -2.22. The number of nitrogens with one attached hydrogen (secondary N) is 1. The molecule has 1 aliphatic rings. The molecule has 1 atom stereocenters. The molecule has 0 aliphatic carbocycles. The first-order chi connectivity index (χ1) is 8.26. The predicted octanol–water partition coefficient (Wildman–Crippen LogP) is 1.88. The van der Waals surface area contributed by atoms with Gasteiger partial charge in [0.25, 0.3) is 0 Å². The van der Waals surface area contributed by atoms with Crippen molar-refractivity contribution >= 4 is 17.3 Å². The van der Waals surface area contributed by atoms with Gasteiger partial charge in [0, 0.05) is 48.4 Å². The van der Waals surface area contributed by atoms with E-state index in [0.29, 0.717) is 5.92 Å². The third kappa shape index (κ3) is 2.73. The molecular formula is C13H19ClN2O. The summed E-state index contributed by atoms with van der Waals surface area (Å²) in [5.41, 5.74) is 2.35. The first kappa shape index (κ1) is 12.7. The molecule has 2 N–H and O–H groups in total. The minimum Gasteiger partial charge on any atom is -0.396 e. The largest absolute Gasteiger partial charge is 0.396 e. The van der Waals surface area contributed by atoms with E-state index < -0.39 is 0 Å². The van der Waals surface area contributed by atoms with Gasteiger partial charge in [0.1, 0.15) is 0 Å². The van der Waals surface area contributed by atoms with Crippen LogP contribution in [0.5, 0.6) is 0 Å². The molecule has 3 nitrogen and oxygen atoms in total. The highest BCUT2D eigenvalue weighted by molar-refractivity contribution is 6.31. The number of hydrogen-bond acceptors (Lipinski definition) is 3. The molecule has 0 aromatic heterocycles. The second-order valence-electron chi connectivity index (χ2n) is 4.55. The zero-order valence-electron chi connectivity index (χ0n) is 10.1. The van der Waals surface area contributed by atoms with Crippen LogP contribution in [-0.4, -0.2) is 31.9 Å². The number of anilines is 1. The topological polar surface area (TPSA) is 35.5 Å². The van der Waals surface area contributed by atoms with Gasteiger partial charge >= 0.3 is 0 Å². The fraction of sp³-hybridized carbons (Fsp3) is 0.538. The second kappa shape index (κ2) is 5.71. The molecule has 4 heteroatoms. The van der Waals surface area contributed by atoms with E-state index in [1.54, 1.807) is 0 Å². The normalized spacial score (nSPS) is 19.9. The van der Waals surface area contributed by atoms with E-state index in [1.807, 2.05) is 19.2 Å². The van der Waals surface area contributed by atoms with Crippen LogP contribution in [0, 0.1) is 5.92 Å². The average molecular weight is 255 g/mol. The molecule has 1 fully saturated rings. The van der Waals surface area contributed by atoms with Gasteiger partial charge in [-0.05, 0) is 25.6 Å². The Morgan fingerprint density at radius 1 is 1.53 bits per heavy atom. The van der Waals surface area contributed by atoms with E-state index in [2.05, 4.69) is 16.3 Å². The summed E-state index contributed by atoms with van der Waals surface area (Å²) < 4.78 is 0. The van der Waals surface area contributed by atoms with Crippen LogP contribution in [-0.2, 0) is 6.54 Å². The highest BCUT2D eigenvalue weighted by Gasteiger charge is 2.23. The molecule has 1 aliphatic heterocycles. The predicted molar refractivity (Wildman–Crippen MR) is 71.6 cm³/mol. The highest BCUT2D eigenvalue weighted by Crippen LogP contribution is 2.31. The summed E-state index contributed by atoms with van der Waals surface area (Å²) in [7, 11) is 1.92. The smallest absolute Gasteiger partial charge is 0.0476 e. The summed E-state index contributed by atoms with van der Waals surface area (Å²) in [5, 5.41) is 13.2. The third-order valence-electron chi connectivity index (χ3n) is 3.33. The van der Waals surface area contributed by atoms with Crippen LogP contribution in [0.1, 0.15) is 12.0 Å². The van der Waals surface area contributed by atoms with Crippen molar-refractivity contribution in [3.05, 3.63) is 28.8 Å². The Bertz CT molecular complexity index is 384. The van der Waals surface area contributed by atoms with Crippen LogP contribution in [0.4, 0.5) is 5.69 Å². The zero-order chi connectivity index (χ0) is 12.3. The van der Waals surface area contributed by atoms with Crippen molar-refractivity contribution in [2.24, 2.45) is 5.92 Å². The maximum Gasteiger partial charge on any atom is 0.0476 e. The molecule has 0 radical (unpaired) electrons. The number of aliphatic hydroxyl groups excluding tert-OH is 1. The van der Waals surface area contributed by atoms with E-state index in [-0.39, 0.29) is 6.61 Å². The summed E-state index contributed by atoms with van der Waals surface area (Å²) in [6.45, 7) is 2.98. The lowest BCUT2D eigenvalue weighted by Crippen LogP contribution is -2.23. The van der Waals surface area contributed by atoms with E-state index in [1.165, 1.54) is 5.69 Å². The summed E-state index contributed by atoms with van der Waals surface area (Å²) >= 11 is 6.24. The van der Waals surface area contributed by atoms with Crippen molar-refractivity contribution in [1.82, 2.24) is 5.32 Å². The minimum atomic E-state index is 0.276. The maximum atomic E-state index is 9.19. The second-order valence-corrected chi connectivity index (χ2v) is 4.96. The van der Waals surface area contributed by atoms with Gasteiger partial charge in [-0.3, -0.25) is 0 Å². The van der Waals surface area contributed by atoms with E-state index in [4.69, 9.17) is 11.6 Å². The lowest BCUT2D eigenvalue weighted by atomic mass is 10.1. The van der Waals surface area contributed by atoms with Crippen LogP contribution in [0.2, 0.25) is 5.02 Å². The van der Waals surface area contributed by atoms with Gasteiger partial charge in [0.15, 0.2) is 0 Å². The number of aliphatic hydroxyl groups is 1. The van der Waals surface area contributed by atoms with Gasteiger partial charge in [-0.25, -0.2) is 0 Å². The van der Waals surface area contributed by atoms with Crippen molar-refractivity contribution in [2.45, 2.75) is 13.0 Å². The SMILES string of the molecule is CNCc1c(Cl)cccc1N1CCC(CO)C1. The molecular weight excluding hydrogens is 236 g/mol. The summed E-state index contributed by atoms with van der Waals surface area (Å²) in [5.74, 6) is 0.399. The minimum absolute atomic E-state index is 0.276. The molecule has 17 heavy (non-hydrogen) atoms. The lowest BCUT2D eigenvalue weighted by molar-refractivity contribution is 0.238. The summed E-state index contributed by atoms with van der Waals surface area (Å²) in [6.07, 6.45) is 1.06. The van der Waals surface area contributed by atoms with Gasteiger partial charge in [0.2, 0.25) is 0 Å². The molecule has 0 bridgehead atoms. The number of benzene rings is 1. The Kier molecular flexibility index (Phi) is 4.26. The van der Waals surface area contributed by atoms with Crippen LogP contribution in [0.3, 0.4) is 0 Å². The fourth-order valence-electron chi connectivity index (χ4n) is 2.40. The molecule has 0 saturated carbocycles. The average Bonchev–Trinajstić information content (AvgIpc) is 2.80. The number of rotatable bonds is 4. The molecule has 0 spiro atoms. The monoisotopic (exact) mass is 254 g/mol. The molecule has 94 valence electrons. The van der Waals surface area contributed by atoms with Crippen LogP contribution in [0.15, 0.2) is 18.2 Å². The molecule has 1 aromatic rings. The van der Waals surface area contributed by atoms with E-state index >= 15 is 0 Å². The van der Waals surface area contributed by atoms with Crippen LogP contribution >= 0.6 is 11.6 Å². The Balaban J connectivity index is 2.23. The third-order valence-corrected chi connectivity index (χ3v) is 3.69. The van der Waals surface area contributed by atoms with Gasteiger partial charge < -0.3 is 15.3 Å². The molecule has 1 heterocycles. The number of nitrogens with zero attached hydrogens (tertiary/aromatic N) is 1. The van der Waals surface area contributed by atoms with Crippen molar-refractivity contribution < 1.29 is 5.11 Å². The Morgan fingerprint density at radius 3 is 3.00 bits per heavy atom. The molecule has 1 unspecified atom stereocenters. The van der Waals surface area contributed by atoms with Gasteiger partial charge in [-0.15, -0.1) is 0 Å². The van der Waals surface area contributed by atoms with Gasteiger partial charge in [0.05, 0.1) is 0 Å².